The summed E-state index contributed by atoms with van der Waals surface area (Å²) < 4.78 is 0. The Balaban J connectivity index is 1.90. The second kappa shape index (κ2) is 3.69. The molecule has 0 aliphatic carbocycles. The SMILES string of the molecule is CC(C)CC12CN3CCN(CC(C3)[C@H]1O)C2. The van der Waals surface area contributed by atoms with Crippen molar-refractivity contribution in [3.05, 3.63) is 0 Å². The summed E-state index contributed by atoms with van der Waals surface area (Å²) in [5.74, 6) is 1.19. The first kappa shape index (κ1) is 11.0. The quantitative estimate of drug-likeness (QED) is 0.746. The third kappa shape index (κ3) is 1.60. The molecule has 0 aromatic rings. The van der Waals surface area contributed by atoms with Gasteiger partial charge in [0.1, 0.15) is 0 Å². The predicted octanol–water partition coefficient (Wildman–Crippen LogP) is 0.641. The van der Waals surface area contributed by atoms with Crippen molar-refractivity contribution >= 4 is 0 Å². The van der Waals surface area contributed by atoms with Crippen LogP contribution in [0.2, 0.25) is 0 Å². The Bertz CT molecular complexity index is 263. The Kier molecular flexibility index (Phi) is 2.54. The molecule has 4 heterocycles. The number of fused-ring (bicyclic) bond motifs is 1. The molecule has 0 saturated carbocycles. The highest BCUT2D eigenvalue weighted by Crippen LogP contribution is 2.44. The standard InChI is InChI=1S/C13H24N2O/c1-10(2)5-13-8-14-3-4-15(9-13)7-11(6-14)12(13)16/h10-12,16H,3-9H2,1-2H3/t11?,12-,13?/m1/s1. The van der Waals surface area contributed by atoms with E-state index >= 15 is 0 Å². The smallest absolute Gasteiger partial charge is 0.0673 e. The Morgan fingerprint density at radius 1 is 1.19 bits per heavy atom. The van der Waals surface area contributed by atoms with E-state index in [-0.39, 0.29) is 11.5 Å². The summed E-state index contributed by atoms with van der Waals surface area (Å²) in [5, 5.41) is 10.6. The third-order valence-corrected chi connectivity index (χ3v) is 4.68. The van der Waals surface area contributed by atoms with Crippen LogP contribution in [0.1, 0.15) is 20.3 Å². The Morgan fingerprint density at radius 2 is 1.75 bits per heavy atom. The molecule has 4 fully saturated rings. The van der Waals surface area contributed by atoms with Crippen LogP contribution < -0.4 is 0 Å². The van der Waals surface area contributed by atoms with E-state index in [9.17, 15) is 5.11 Å². The van der Waals surface area contributed by atoms with Crippen molar-refractivity contribution in [1.29, 1.82) is 0 Å². The van der Waals surface area contributed by atoms with Gasteiger partial charge in [-0.3, -0.25) is 0 Å². The fourth-order valence-electron chi connectivity index (χ4n) is 4.36. The lowest BCUT2D eigenvalue weighted by molar-refractivity contribution is -0.124. The number of hydrogen-bond donors (Lipinski definition) is 1. The van der Waals surface area contributed by atoms with Crippen LogP contribution in [-0.4, -0.2) is 60.3 Å². The molecule has 0 spiro atoms. The van der Waals surface area contributed by atoms with Crippen LogP contribution in [-0.2, 0) is 0 Å². The van der Waals surface area contributed by atoms with E-state index in [1.807, 2.05) is 0 Å². The second-order valence-corrected chi connectivity index (χ2v) is 6.64. The summed E-state index contributed by atoms with van der Waals surface area (Å²) in [7, 11) is 0. The van der Waals surface area contributed by atoms with Crippen LogP contribution in [0.3, 0.4) is 0 Å². The minimum Gasteiger partial charge on any atom is -0.392 e. The first-order valence-corrected chi connectivity index (χ1v) is 6.72. The van der Waals surface area contributed by atoms with Crippen LogP contribution in [0.5, 0.6) is 0 Å². The number of aliphatic hydroxyl groups excluding tert-OH is 1. The Hall–Kier alpha value is -0.120. The molecule has 4 rings (SSSR count). The molecule has 16 heavy (non-hydrogen) atoms. The summed E-state index contributed by atoms with van der Waals surface area (Å²) in [5.41, 5.74) is 0.172. The van der Waals surface area contributed by atoms with Gasteiger partial charge in [0.25, 0.3) is 0 Å². The minimum atomic E-state index is -0.0551. The molecular weight excluding hydrogens is 200 g/mol. The average molecular weight is 224 g/mol. The van der Waals surface area contributed by atoms with E-state index in [0.29, 0.717) is 11.8 Å². The van der Waals surface area contributed by atoms with Gasteiger partial charge < -0.3 is 14.9 Å². The molecule has 4 bridgehead atoms. The van der Waals surface area contributed by atoms with E-state index in [4.69, 9.17) is 0 Å². The maximum absolute atomic E-state index is 10.6. The first-order chi connectivity index (χ1) is 7.59. The minimum absolute atomic E-state index is 0.0551. The molecule has 3 atom stereocenters. The molecular formula is C13H24N2O. The van der Waals surface area contributed by atoms with Crippen LogP contribution in [0.15, 0.2) is 0 Å². The van der Waals surface area contributed by atoms with Crippen molar-refractivity contribution in [2.75, 3.05) is 39.3 Å². The Labute approximate surface area is 98.4 Å². The molecule has 1 N–H and O–H groups in total. The molecule has 0 aromatic carbocycles. The van der Waals surface area contributed by atoms with Crippen LogP contribution in [0.25, 0.3) is 0 Å². The van der Waals surface area contributed by atoms with Crippen LogP contribution in [0, 0.1) is 17.3 Å². The van der Waals surface area contributed by atoms with E-state index in [1.54, 1.807) is 0 Å². The third-order valence-electron chi connectivity index (χ3n) is 4.68. The largest absolute Gasteiger partial charge is 0.392 e. The zero-order chi connectivity index (χ0) is 11.3. The molecule has 92 valence electrons. The van der Waals surface area contributed by atoms with Crippen molar-refractivity contribution in [1.82, 2.24) is 9.80 Å². The van der Waals surface area contributed by atoms with E-state index in [1.165, 1.54) is 19.5 Å². The summed E-state index contributed by atoms with van der Waals surface area (Å²) in [6.45, 7) is 11.5. The van der Waals surface area contributed by atoms with E-state index < -0.39 is 0 Å². The van der Waals surface area contributed by atoms with E-state index in [2.05, 4.69) is 23.6 Å². The first-order valence-electron chi connectivity index (χ1n) is 6.72. The molecule has 3 nitrogen and oxygen atoms in total. The van der Waals surface area contributed by atoms with Crippen LogP contribution >= 0.6 is 0 Å². The lowest BCUT2D eigenvalue weighted by atomic mass is 9.66. The number of nitrogens with zero attached hydrogens (tertiary/aromatic N) is 2. The van der Waals surface area contributed by atoms with Crippen molar-refractivity contribution in [2.45, 2.75) is 26.4 Å². The number of aliphatic hydroxyl groups is 1. The molecule has 4 aliphatic rings. The average Bonchev–Trinajstić information content (AvgIpc) is 2.41. The second-order valence-electron chi connectivity index (χ2n) is 6.64. The van der Waals surface area contributed by atoms with Crippen molar-refractivity contribution < 1.29 is 5.11 Å². The monoisotopic (exact) mass is 224 g/mol. The predicted molar refractivity (Wildman–Crippen MR) is 64.3 cm³/mol. The van der Waals surface area contributed by atoms with Gasteiger partial charge in [-0.2, -0.15) is 0 Å². The fourth-order valence-corrected chi connectivity index (χ4v) is 4.36. The summed E-state index contributed by atoms with van der Waals surface area (Å²) in [6.07, 6.45) is 1.12. The molecule has 0 radical (unpaired) electrons. The van der Waals surface area contributed by atoms with Crippen molar-refractivity contribution in [3.8, 4) is 0 Å². The van der Waals surface area contributed by atoms with Gasteiger partial charge in [0.2, 0.25) is 0 Å². The molecule has 4 saturated heterocycles. The highest BCUT2D eigenvalue weighted by atomic mass is 16.3. The molecule has 0 amide bonds. The van der Waals surface area contributed by atoms with Crippen molar-refractivity contribution in [3.63, 3.8) is 0 Å². The van der Waals surface area contributed by atoms with Crippen molar-refractivity contribution in [2.24, 2.45) is 17.3 Å². The lowest BCUT2D eigenvalue weighted by Crippen LogP contribution is -2.63. The number of piperidine rings is 2. The molecule has 0 aromatic heterocycles. The van der Waals surface area contributed by atoms with Gasteiger partial charge in [-0.1, -0.05) is 13.8 Å². The van der Waals surface area contributed by atoms with Gasteiger partial charge in [0.05, 0.1) is 6.10 Å². The number of hydrogen-bond acceptors (Lipinski definition) is 3. The zero-order valence-electron chi connectivity index (χ0n) is 10.5. The summed E-state index contributed by atoms with van der Waals surface area (Å²) >= 11 is 0. The van der Waals surface area contributed by atoms with Gasteiger partial charge in [-0.05, 0) is 12.3 Å². The zero-order valence-corrected chi connectivity index (χ0v) is 10.5. The lowest BCUT2D eigenvalue weighted by Gasteiger charge is -2.54. The number of rotatable bonds is 2. The molecule has 3 heteroatoms. The highest BCUT2D eigenvalue weighted by molar-refractivity contribution is 5.06. The Morgan fingerprint density at radius 3 is 2.25 bits per heavy atom. The van der Waals surface area contributed by atoms with Crippen LogP contribution in [0.4, 0.5) is 0 Å². The van der Waals surface area contributed by atoms with Gasteiger partial charge in [-0.25, -0.2) is 0 Å². The normalized spacial score (nSPS) is 51.0. The molecule has 4 aliphatic heterocycles. The van der Waals surface area contributed by atoms with Gasteiger partial charge in [0, 0.05) is 50.6 Å². The summed E-state index contributed by atoms with van der Waals surface area (Å²) in [4.78, 5) is 5.18. The molecule has 2 unspecified atom stereocenters. The van der Waals surface area contributed by atoms with E-state index in [0.717, 1.165) is 26.2 Å². The van der Waals surface area contributed by atoms with Gasteiger partial charge >= 0.3 is 0 Å². The fraction of sp³-hybridized carbons (Fsp3) is 1.00. The van der Waals surface area contributed by atoms with Gasteiger partial charge in [-0.15, -0.1) is 0 Å². The highest BCUT2D eigenvalue weighted by Gasteiger charge is 2.53. The summed E-state index contributed by atoms with van der Waals surface area (Å²) in [6, 6.07) is 0. The topological polar surface area (TPSA) is 26.7 Å². The maximum atomic E-state index is 10.6. The van der Waals surface area contributed by atoms with Gasteiger partial charge in [0.15, 0.2) is 0 Å². The maximum Gasteiger partial charge on any atom is 0.0673 e.